The van der Waals surface area contributed by atoms with Gasteiger partial charge in [-0.2, -0.15) is 0 Å². The molecule has 0 radical (unpaired) electrons. The van der Waals surface area contributed by atoms with Crippen LogP contribution in [0.15, 0.2) is 218 Å². The third-order valence-electron chi connectivity index (χ3n) is 14.7. The van der Waals surface area contributed by atoms with E-state index in [9.17, 15) is 0 Å². The summed E-state index contributed by atoms with van der Waals surface area (Å²) >= 11 is 0. The molecule has 0 saturated carbocycles. The van der Waals surface area contributed by atoms with Crippen molar-refractivity contribution in [3.8, 4) is 33.8 Å². The fourth-order valence-electron chi connectivity index (χ4n) is 11.8. The standard InChI is InChI=1S/C70H56N2O2/c1-43(2)73-53-35-31-51(32-36-53)72(52-33-37-54(38-34-52)74-44(3)4)62-42-40-60-66-56(62)20-14-22-58(66)68-64(48-17-11-8-12-18-48)69-59-39-41-61(71(49-27-23-45(5)24-28-49)50-29-25-46(6)26-30-50)55-19-13-21-57(65(55)59)67(69)63(70(60)68)47-15-9-7-10-16-47/h7-44H,1-6H3. The van der Waals surface area contributed by atoms with Crippen LogP contribution in [0.5, 0.6) is 11.5 Å². The van der Waals surface area contributed by atoms with E-state index < -0.39 is 0 Å². The summed E-state index contributed by atoms with van der Waals surface area (Å²) in [4.78, 5) is 4.81. The van der Waals surface area contributed by atoms with Crippen LogP contribution in [0.1, 0.15) is 38.8 Å². The van der Waals surface area contributed by atoms with Crippen molar-refractivity contribution in [1.29, 1.82) is 0 Å². The van der Waals surface area contributed by atoms with Crippen LogP contribution in [0.3, 0.4) is 0 Å². The molecule has 74 heavy (non-hydrogen) atoms. The maximum Gasteiger partial charge on any atom is 0.119 e. The van der Waals surface area contributed by atoms with E-state index in [2.05, 4.69) is 270 Å². The molecule has 0 unspecified atom stereocenters. The molecule has 0 aliphatic heterocycles. The first-order valence-electron chi connectivity index (χ1n) is 25.9. The number of rotatable bonds is 12. The van der Waals surface area contributed by atoms with Gasteiger partial charge in [-0.05, 0) is 203 Å². The average Bonchev–Trinajstić information content (AvgIpc) is 4.03. The molecule has 0 amide bonds. The van der Waals surface area contributed by atoms with Crippen LogP contribution in [-0.2, 0) is 0 Å². The fraction of sp³-hybridized carbons (Fsp3) is 0.114. The topological polar surface area (TPSA) is 24.9 Å². The second kappa shape index (κ2) is 18.0. The molecule has 0 aromatic heterocycles. The molecule has 13 aromatic carbocycles. The Morgan fingerprint density at radius 3 is 0.932 bits per heavy atom. The Hall–Kier alpha value is -8.86. The number of nitrogens with zero attached hydrogens (tertiary/aromatic N) is 2. The number of anilines is 6. The van der Waals surface area contributed by atoms with Crippen LogP contribution in [-0.4, -0.2) is 12.2 Å². The number of aryl methyl sites for hydroxylation is 2. The molecule has 0 bridgehead atoms. The van der Waals surface area contributed by atoms with Gasteiger partial charge >= 0.3 is 0 Å². The van der Waals surface area contributed by atoms with Crippen LogP contribution >= 0.6 is 0 Å². The number of hydrogen-bond acceptors (Lipinski definition) is 4. The van der Waals surface area contributed by atoms with Gasteiger partial charge in [0.05, 0.1) is 23.6 Å². The highest BCUT2D eigenvalue weighted by atomic mass is 16.5. The Labute approximate surface area is 432 Å². The Morgan fingerprint density at radius 2 is 0.595 bits per heavy atom. The van der Waals surface area contributed by atoms with Crippen LogP contribution in [0.25, 0.3) is 86.9 Å². The van der Waals surface area contributed by atoms with Crippen molar-refractivity contribution < 1.29 is 9.47 Å². The Kier molecular flexibility index (Phi) is 11.0. The van der Waals surface area contributed by atoms with Crippen molar-refractivity contribution in [3.05, 3.63) is 230 Å². The van der Waals surface area contributed by atoms with Gasteiger partial charge in [-0.25, -0.2) is 0 Å². The lowest BCUT2D eigenvalue weighted by Crippen LogP contribution is -2.11. The van der Waals surface area contributed by atoms with Crippen LogP contribution < -0.4 is 19.3 Å². The first-order chi connectivity index (χ1) is 36.2. The molecule has 0 fully saturated rings. The molecular weight excluding hydrogens is 901 g/mol. The van der Waals surface area contributed by atoms with Crippen molar-refractivity contribution in [1.82, 2.24) is 0 Å². The van der Waals surface area contributed by atoms with E-state index >= 15 is 0 Å². The first-order valence-corrected chi connectivity index (χ1v) is 25.9. The third kappa shape index (κ3) is 7.43. The molecule has 13 aromatic rings. The monoisotopic (exact) mass is 956 g/mol. The summed E-state index contributed by atoms with van der Waals surface area (Å²) in [7, 11) is 0. The molecule has 0 aliphatic rings. The lowest BCUT2D eigenvalue weighted by molar-refractivity contribution is 0.242. The summed E-state index contributed by atoms with van der Waals surface area (Å²) in [5, 5.41) is 15.0. The van der Waals surface area contributed by atoms with Gasteiger partial charge in [-0.3, -0.25) is 0 Å². The molecule has 0 atom stereocenters. The van der Waals surface area contributed by atoms with E-state index in [-0.39, 0.29) is 12.2 Å². The molecular formula is C70H56N2O2. The normalized spacial score (nSPS) is 11.9. The molecule has 13 rings (SSSR count). The second-order valence-electron chi connectivity index (χ2n) is 20.4. The number of hydrogen-bond donors (Lipinski definition) is 0. The second-order valence-corrected chi connectivity index (χ2v) is 20.4. The molecule has 0 aliphatic carbocycles. The smallest absolute Gasteiger partial charge is 0.119 e. The van der Waals surface area contributed by atoms with E-state index in [1.54, 1.807) is 0 Å². The van der Waals surface area contributed by atoms with Crippen molar-refractivity contribution in [2.24, 2.45) is 0 Å². The summed E-state index contributed by atoms with van der Waals surface area (Å²) in [6.45, 7) is 12.6. The fourth-order valence-corrected chi connectivity index (χ4v) is 11.8. The van der Waals surface area contributed by atoms with E-state index in [1.165, 1.54) is 98.0 Å². The highest BCUT2D eigenvalue weighted by Gasteiger charge is 2.30. The predicted molar refractivity (Wildman–Crippen MR) is 315 cm³/mol. The quantitative estimate of drug-likeness (QED) is 0.122. The van der Waals surface area contributed by atoms with E-state index in [0.717, 1.165) is 45.6 Å². The molecule has 0 N–H and O–H groups in total. The Balaban J connectivity index is 1.14. The molecule has 358 valence electrons. The number of fused-ring (bicyclic) bond motifs is 6. The minimum Gasteiger partial charge on any atom is -0.491 e. The van der Waals surface area contributed by atoms with Gasteiger partial charge in [0.15, 0.2) is 0 Å². The zero-order chi connectivity index (χ0) is 50.2. The van der Waals surface area contributed by atoms with Gasteiger partial charge in [0, 0.05) is 33.5 Å². The number of benzene rings is 11. The molecule has 0 saturated heterocycles. The van der Waals surface area contributed by atoms with E-state index in [0.29, 0.717) is 0 Å². The lowest BCUT2D eigenvalue weighted by atomic mass is 9.87. The first kappa shape index (κ1) is 45.0. The minimum absolute atomic E-state index is 0.0731. The van der Waals surface area contributed by atoms with Gasteiger partial charge in [0.25, 0.3) is 0 Å². The van der Waals surface area contributed by atoms with Gasteiger partial charge in [0.1, 0.15) is 11.5 Å². The van der Waals surface area contributed by atoms with Gasteiger partial charge in [-0.15, -0.1) is 0 Å². The number of ether oxygens (including phenoxy) is 2. The molecule has 4 heteroatoms. The SMILES string of the molecule is Cc1ccc(N(c2ccc(C)cc2)c2ccc3c4c(-c5ccccc5)c5c6cccc7c(N(c8ccc(OC(C)C)cc8)c8ccc(OC(C)C)cc8)ccc(c5c(-c5ccccc5)c4c4cccc2c43)c76)cc1. The Bertz CT molecular complexity index is 3970. The predicted octanol–water partition coefficient (Wildman–Crippen LogP) is 19.9. The zero-order valence-electron chi connectivity index (χ0n) is 42.7. The van der Waals surface area contributed by atoms with E-state index in [1.807, 2.05) is 0 Å². The molecule has 0 spiro atoms. The summed E-state index contributed by atoms with van der Waals surface area (Å²) in [6.07, 6.45) is 0.146. The largest absolute Gasteiger partial charge is 0.491 e. The van der Waals surface area contributed by atoms with Gasteiger partial charge < -0.3 is 19.3 Å². The van der Waals surface area contributed by atoms with Crippen molar-refractivity contribution in [2.45, 2.75) is 53.8 Å². The van der Waals surface area contributed by atoms with E-state index in [4.69, 9.17) is 9.47 Å². The summed E-state index contributed by atoms with van der Waals surface area (Å²) in [6, 6.07) is 80.5. The van der Waals surface area contributed by atoms with Crippen LogP contribution in [0, 0.1) is 13.8 Å². The highest BCUT2D eigenvalue weighted by molar-refractivity contribution is 6.47. The summed E-state index contributed by atoms with van der Waals surface area (Å²) < 4.78 is 12.3. The lowest BCUT2D eigenvalue weighted by Gasteiger charge is -2.27. The zero-order valence-corrected chi connectivity index (χ0v) is 42.7. The summed E-state index contributed by atoms with van der Waals surface area (Å²) in [5.41, 5.74) is 14.0. The van der Waals surface area contributed by atoms with Gasteiger partial charge in [-0.1, -0.05) is 145 Å². The minimum atomic E-state index is 0.0731. The summed E-state index contributed by atoms with van der Waals surface area (Å²) in [5.74, 6) is 1.69. The van der Waals surface area contributed by atoms with Crippen LogP contribution in [0.2, 0.25) is 0 Å². The van der Waals surface area contributed by atoms with Crippen molar-refractivity contribution in [2.75, 3.05) is 9.80 Å². The molecule has 0 heterocycles. The maximum atomic E-state index is 6.15. The van der Waals surface area contributed by atoms with Crippen molar-refractivity contribution in [3.63, 3.8) is 0 Å². The van der Waals surface area contributed by atoms with Gasteiger partial charge in [0.2, 0.25) is 0 Å². The maximum absolute atomic E-state index is 6.15. The highest BCUT2D eigenvalue weighted by Crippen LogP contribution is 2.57. The third-order valence-corrected chi connectivity index (χ3v) is 14.7. The van der Waals surface area contributed by atoms with Crippen molar-refractivity contribution >= 4 is 98.8 Å². The Morgan fingerprint density at radius 1 is 0.284 bits per heavy atom. The van der Waals surface area contributed by atoms with Crippen LogP contribution in [0.4, 0.5) is 34.1 Å². The average molecular weight is 957 g/mol. The molecule has 4 nitrogen and oxygen atoms in total.